The van der Waals surface area contributed by atoms with E-state index in [0.29, 0.717) is 11.4 Å². The van der Waals surface area contributed by atoms with Crippen molar-refractivity contribution >= 4 is 97.6 Å². The minimum atomic E-state index is 0.619. The second-order valence-electron chi connectivity index (χ2n) is 21.8. The average molecular weight is 1060 g/mol. The third-order valence-corrected chi connectivity index (χ3v) is 17.5. The number of fused-ring (bicyclic) bond motifs is 16. The Morgan fingerprint density at radius 1 is 0.238 bits per heavy atom. The molecular weight excluding hydrogens is 1020 g/mol. The van der Waals surface area contributed by atoms with Gasteiger partial charge in [0, 0.05) is 48.3 Å². The summed E-state index contributed by atoms with van der Waals surface area (Å²) in [5.74, 6) is 0. The molecule has 0 N–H and O–H groups in total. The van der Waals surface area contributed by atoms with Crippen molar-refractivity contribution < 1.29 is 0 Å². The van der Waals surface area contributed by atoms with Crippen molar-refractivity contribution in [2.24, 2.45) is 0 Å². The zero-order valence-corrected chi connectivity index (χ0v) is 44.9. The Labute approximate surface area is 482 Å². The maximum absolute atomic E-state index is 7.69. The molecule has 0 fully saturated rings. The number of pyridine rings is 4. The molecule has 6 nitrogen and oxygen atoms in total. The number of benzene rings is 12. The van der Waals surface area contributed by atoms with Crippen molar-refractivity contribution in [2.75, 3.05) is 0 Å². The molecule has 0 unspecified atom stereocenters. The van der Waals surface area contributed by atoms with Gasteiger partial charge >= 0.3 is 0 Å². The van der Waals surface area contributed by atoms with Crippen LogP contribution in [-0.2, 0) is 0 Å². The molecule has 0 saturated carbocycles. The van der Waals surface area contributed by atoms with Crippen LogP contribution >= 0.6 is 0 Å². The summed E-state index contributed by atoms with van der Waals surface area (Å²) in [7, 11) is 0. The Morgan fingerprint density at radius 3 is 0.964 bits per heavy atom. The van der Waals surface area contributed by atoms with E-state index in [2.05, 4.69) is 171 Å². The summed E-state index contributed by atoms with van der Waals surface area (Å²) in [6.07, 6.45) is 11.1. The van der Waals surface area contributed by atoms with E-state index in [1.807, 2.05) is 104 Å². The van der Waals surface area contributed by atoms with Crippen LogP contribution in [0.15, 0.2) is 256 Å². The van der Waals surface area contributed by atoms with Crippen LogP contribution in [0.3, 0.4) is 0 Å². The Kier molecular flexibility index (Phi) is 10.3. The minimum Gasteiger partial charge on any atom is -0.265 e. The van der Waals surface area contributed by atoms with Crippen molar-refractivity contribution in [3.8, 4) is 89.3 Å². The van der Waals surface area contributed by atoms with Gasteiger partial charge in [-0.1, -0.05) is 109 Å². The zero-order chi connectivity index (χ0) is 55.6. The number of hydrogen-bond acceptors (Lipinski definition) is 4. The van der Waals surface area contributed by atoms with Crippen LogP contribution in [0.2, 0.25) is 0 Å². The van der Waals surface area contributed by atoms with E-state index in [-0.39, 0.29) is 0 Å². The van der Waals surface area contributed by atoms with Crippen molar-refractivity contribution in [1.82, 2.24) is 19.9 Å². The molecule has 84 heavy (non-hydrogen) atoms. The predicted octanol–water partition coefficient (Wildman–Crippen LogP) is 21.2. The largest absolute Gasteiger partial charge is 0.265 e. The van der Waals surface area contributed by atoms with Crippen molar-refractivity contribution in [3.63, 3.8) is 0 Å². The van der Waals surface area contributed by atoms with Crippen LogP contribution in [0.5, 0.6) is 0 Å². The summed E-state index contributed by atoms with van der Waals surface area (Å²) in [5.41, 5.74) is 20.0. The van der Waals surface area contributed by atoms with Gasteiger partial charge in [0.2, 0.25) is 0 Å². The highest BCUT2D eigenvalue weighted by Gasteiger charge is 2.27. The first-order valence-corrected chi connectivity index (χ1v) is 28.0. The van der Waals surface area contributed by atoms with Gasteiger partial charge in [-0.15, -0.1) is 0 Å². The minimum absolute atomic E-state index is 0.619. The molecule has 0 saturated heterocycles. The fourth-order valence-electron chi connectivity index (χ4n) is 13.8. The molecule has 2 aliphatic carbocycles. The van der Waals surface area contributed by atoms with Crippen LogP contribution in [0.1, 0.15) is 0 Å². The van der Waals surface area contributed by atoms with Gasteiger partial charge in [-0.25, -0.2) is 9.69 Å². The fourth-order valence-corrected chi connectivity index (χ4v) is 13.8. The second-order valence-corrected chi connectivity index (χ2v) is 21.8. The number of rotatable bonds is 4. The Bertz CT molecular complexity index is 5250. The molecule has 12 aromatic carbocycles. The first-order valence-electron chi connectivity index (χ1n) is 28.0. The second kappa shape index (κ2) is 18.4. The topological polar surface area (TPSA) is 60.3 Å². The fraction of sp³-hybridized carbons (Fsp3) is 0. The van der Waals surface area contributed by atoms with Gasteiger partial charge in [-0.3, -0.25) is 19.9 Å². The lowest BCUT2D eigenvalue weighted by molar-refractivity contribution is 1.33. The SMILES string of the molecule is [C-]#[N+]c1ccc2c(c1)c(-c1ccccn1)cc1c3cc4c(cc3c(-c3ccccn3)cc21)-c1cccc2cccc-4c12.[C-]#[N+]c1ccc2c(c1)c(-c1ccncc1)cc1c3cc4c(cc3c(-c3ccncc3)cc21)-c1cccc2cccc-4c12. The lowest BCUT2D eigenvalue weighted by Crippen LogP contribution is -1.92. The first-order chi connectivity index (χ1) is 41.6. The van der Waals surface area contributed by atoms with Crippen LogP contribution in [-0.4, -0.2) is 19.9 Å². The van der Waals surface area contributed by atoms with E-state index < -0.39 is 0 Å². The third-order valence-electron chi connectivity index (χ3n) is 17.5. The molecule has 4 heterocycles. The Morgan fingerprint density at radius 2 is 0.571 bits per heavy atom. The maximum Gasteiger partial charge on any atom is 0.187 e. The van der Waals surface area contributed by atoms with Crippen LogP contribution in [0, 0.1) is 13.1 Å². The highest BCUT2D eigenvalue weighted by atomic mass is 14.7. The van der Waals surface area contributed by atoms with Crippen LogP contribution in [0.4, 0.5) is 11.4 Å². The van der Waals surface area contributed by atoms with Gasteiger partial charge in [-0.05, 0) is 262 Å². The van der Waals surface area contributed by atoms with Crippen molar-refractivity contribution in [1.29, 1.82) is 0 Å². The maximum atomic E-state index is 7.69. The predicted molar refractivity (Wildman–Crippen MR) is 347 cm³/mol. The van der Waals surface area contributed by atoms with Gasteiger partial charge in [-0.2, -0.15) is 0 Å². The number of nitrogens with zero attached hydrogens (tertiary/aromatic N) is 6. The molecule has 384 valence electrons. The molecule has 0 radical (unpaired) electrons. The molecule has 0 amide bonds. The molecule has 0 bridgehead atoms. The van der Waals surface area contributed by atoms with E-state index in [4.69, 9.17) is 23.1 Å². The summed E-state index contributed by atoms with van der Waals surface area (Å²) >= 11 is 0. The summed E-state index contributed by atoms with van der Waals surface area (Å²) in [4.78, 5) is 25.6. The smallest absolute Gasteiger partial charge is 0.187 e. The summed E-state index contributed by atoms with van der Waals surface area (Å²) in [6, 6.07) is 77.7. The van der Waals surface area contributed by atoms with Gasteiger partial charge in [0.15, 0.2) is 11.4 Å². The summed E-state index contributed by atoms with van der Waals surface area (Å²) in [6.45, 7) is 15.4. The van der Waals surface area contributed by atoms with E-state index >= 15 is 0 Å². The van der Waals surface area contributed by atoms with Crippen molar-refractivity contribution in [3.05, 3.63) is 278 Å². The van der Waals surface area contributed by atoms with Crippen LogP contribution < -0.4 is 0 Å². The molecule has 4 aromatic heterocycles. The number of hydrogen-bond donors (Lipinski definition) is 0. The van der Waals surface area contributed by atoms with E-state index in [1.165, 1.54) is 109 Å². The third kappa shape index (κ3) is 7.08. The summed E-state index contributed by atoms with van der Waals surface area (Å²) in [5, 5.41) is 19.0. The molecule has 2 aliphatic rings. The lowest BCUT2D eigenvalue weighted by atomic mass is 9.86. The monoisotopic (exact) mass is 1060 g/mol. The highest BCUT2D eigenvalue weighted by Crippen LogP contribution is 2.54. The van der Waals surface area contributed by atoms with E-state index in [9.17, 15) is 0 Å². The average Bonchev–Trinajstić information content (AvgIpc) is 2.37. The van der Waals surface area contributed by atoms with Gasteiger partial charge in [0.25, 0.3) is 0 Å². The molecule has 6 heteroatoms. The van der Waals surface area contributed by atoms with E-state index in [0.717, 1.165) is 66.1 Å². The molecule has 0 spiro atoms. The lowest BCUT2D eigenvalue weighted by Gasteiger charge is -2.17. The first kappa shape index (κ1) is 47.1. The van der Waals surface area contributed by atoms with Gasteiger partial charge in [0.05, 0.1) is 24.5 Å². The molecule has 0 aliphatic heterocycles. The summed E-state index contributed by atoms with van der Waals surface area (Å²) < 4.78 is 0. The Hall–Kier alpha value is -11.7. The van der Waals surface area contributed by atoms with Crippen LogP contribution in [0.25, 0.3) is 185 Å². The molecular formula is C78H42N6. The molecule has 0 atom stereocenters. The van der Waals surface area contributed by atoms with E-state index in [1.54, 1.807) is 0 Å². The van der Waals surface area contributed by atoms with Gasteiger partial charge < -0.3 is 0 Å². The molecule has 18 rings (SSSR count). The quantitative estimate of drug-likeness (QED) is 0.130. The highest BCUT2D eigenvalue weighted by molar-refractivity contribution is 6.29. The van der Waals surface area contributed by atoms with Crippen molar-refractivity contribution in [2.45, 2.75) is 0 Å². The zero-order valence-electron chi connectivity index (χ0n) is 44.9. The Balaban J connectivity index is 0.000000132. The normalized spacial score (nSPS) is 11.8. The standard InChI is InChI=1S/2C39H21N3/c1-40-24-14-15-25-28(18-24)35(37-12-2-4-16-41-37)22-33-29(25)21-36(38-13-3-5-17-42-38)34-20-31-27-11-7-9-23-8-6-10-26(39(23)27)30(31)19-32(33)34;1-40-26-8-9-27-32(18-26)30(23-10-14-41-15-11-23)20-37-33(27)19-31(24-12-16-42-17-13-24)36-21-34-28-6-2-4-25-5-3-7-29(39(25)28)35(34)22-38(36)37/h2*2-22H. The number of aromatic nitrogens is 4. The van der Waals surface area contributed by atoms with Gasteiger partial charge in [0.1, 0.15) is 0 Å². The molecule has 16 aromatic rings.